The maximum Gasteiger partial charge on any atom is 0.489 e. The number of fused-ring (bicyclic) bond motifs is 3. The molecular formula is C22H15BO3. The van der Waals surface area contributed by atoms with Crippen LogP contribution in [0, 0.1) is 0 Å². The van der Waals surface area contributed by atoms with Gasteiger partial charge in [0.2, 0.25) is 0 Å². The highest BCUT2D eigenvalue weighted by molar-refractivity contribution is 6.66. The minimum Gasteiger partial charge on any atom is -0.463 e. The predicted molar refractivity (Wildman–Crippen MR) is 106 cm³/mol. The van der Waals surface area contributed by atoms with Gasteiger partial charge in [0.05, 0.1) is 6.26 Å². The summed E-state index contributed by atoms with van der Waals surface area (Å²) in [6, 6.07) is 23.6. The average molecular weight is 338 g/mol. The van der Waals surface area contributed by atoms with Gasteiger partial charge in [-0.15, -0.1) is 0 Å². The van der Waals surface area contributed by atoms with E-state index in [0.29, 0.717) is 5.46 Å². The minimum atomic E-state index is -1.55. The van der Waals surface area contributed by atoms with Crippen molar-refractivity contribution in [3.05, 3.63) is 79.1 Å². The fraction of sp³-hybridized carbons (Fsp3) is 0. The van der Waals surface area contributed by atoms with E-state index in [1.54, 1.807) is 6.26 Å². The number of benzene rings is 4. The molecule has 0 fully saturated rings. The molecule has 5 rings (SSSR count). The molecule has 0 aliphatic heterocycles. The summed E-state index contributed by atoms with van der Waals surface area (Å²) >= 11 is 0. The smallest absolute Gasteiger partial charge is 0.463 e. The van der Waals surface area contributed by atoms with Crippen LogP contribution in [0.2, 0.25) is 0 Å². The third-order valence-corrected chi connectivity index (χ3v) is 4.97. The first-order valence-electron chi connectivity index (χ1n) is 8.52. The normalized spacial score (nSPS) is 11.5. The molecule has 0 amide bonds. The first-order chi connectivity index (χ1) is 12.8. The second-order valence-corrected chi connectivity index (χ2v) is 6.41. The zero-order valence-corrected chi connectivity index (χ0v) is 13.9. The number of hydrogen-bond donors (Lipinski definition) is 2. The number of rotatable bonds is 2. The van der Waals surface area contributed by atoms with Crippen LogP contribution in [0.4, 0.5) is 0 Å². The topological polar surface area (TPSA) is 53.6 Å². The SMILES string of the molecule is OB(O)c1c2ccccc2c(-c2occ3ccccc23)c2ccccc12. The summed E-state index contributed by atoms with van der Waals surface area (Å²) in [5.74, 6) is 0.798. The molecule has 0 radical (unpaired) electrons. The lowest BCUT2D eigenvalue weighted by atomic mass is 9.72. The van der Waals surface area contributed by atoms with Gasteiger partial charge in [0.1, 0.15) is 5.76 Å². The molecule has 0 bridgehead atoms. The molecule has 0 spiro atoms. The Balaban J connectivity index is 2.04. The maximum absolute atomic E-state index is 10.0. The van der Waals surface area contributed by atoms with Crippen molar-refractivity contribution in [1.82, 2.24) is 0 Å². The molecule has 1 heterocycles. The highest BCUT2D eigenvalue weighted by atomic mass is 16.4. The lowest BCUT2D eigenvalue weighted by molar-refractivity contribution is 0.426. The minimum absolute atomic E-state index is 0.524. The van der Waals surface area contributed by atoms with Crippen LogP contribution in [0.3, 0.4) is 0 Å². The van der Waals surface area contributed by atoms with Crippen molar-refractivity contribution in [2.24, 2.45) is 0 Å². The summed E-state index contributed by atoms with van der Waals surface area (Å²) < 4.78 is 5.99. The van der Waals surface area contributed by atoms with Crippen molar-refractivity contribution in [2.75, 3.05) is 0 Å². The van der Waals surface area contributed by atoms with E-state index in [1.165, 1.54) is 0 Å². The van der Waals surface area contributed by atoms with Gasteiger partial charge in [-0.2, -0.15) is 0 Å². The Kier molecular flexibility index (Phi) is 3.35. The molecule has 0 saturated heterocycles. The van der Waals surface area contributed by atoms with Crippen LogP contribution < -0.4 is 5.46 Å². The Bertz CT molecular complexity index is 1210. The van der Waals surface area contributed by atoms with Crippen LogP contribution in [0.5, 0.6) is 0 Å². The van der Waals surface area contributed by atoms with Crippen molar-refractivity contribution >= 4 is 44.9 Å². The molecule has 4 heteroatoms. The molecule has 0 unspecified atom stereocenters. The van der Waals surface area contributed by atoms with E-state index in [1.807, 2.05) is 72.8 Å². The third kappa shape index (κ3) is 2.10. The molecule has 1 aromatic heterocycles. The van der Waals surface area contributed by atoms with Crippen molar-refractivity contribution in [1.29, 1.82) is 0 Å². The summed E-state index contributed by atoms with van der Waals surface area (Å²) in [5, 5.41) is 25.7. The number of hydrogen-bond acceptors (Lipinski definition) is 3. The van der Waals surface area contributed by atoms with Gasteiger partial charge in [-0.3, -0.25) is 0 Å². The Labute approximate surface area is 150 Å². The Morgan fingerprint density at radius 3 is 1.69 bits per heavy atom. The Hall–Kier alpha value is -3.08. The Morgan fingerprint density at radius 2 is 1.12 bits per heavy atom. The molecule has 124 valence electrons. The molecule has 2 N–H and O–H groups in total. The first kappa shape index (κ1) is 15.2. The van der Waals surface area contributed by atoms with E-state index in [9.17, 15) is 10.0 Å². The van der Waals surface area contributed by atoms with E-state index in [4.69, 9.17) is 4.42 Å². The summed E-state index contributed by atoms with van der Waals surface area (Å²) in [6.45, 7) is 0. The zero-order valence-electron chi connectivity index (χ0n) is 13.9. The standard InChI is InChI=1S/C22H15BO3/c24-23(25)21-18-11-5-3-9-16(18)20(17-10-4-6-12-19(17)21)22-15-8-2-1-7-14(15)13-26-22/h1-13,24-25H. The van der Waals surface area contributed by atoms with Crippen LogP contribution >= 0.6 is 0 Å². The van der Waals surface area contributed by atoms with Gasteiger partial charge in [0, 0.05) is 16.3 Å². The highest BCUT2D eigenvalue weighted by Crippen LogP contribution is 2.39. The van der Waals surface area contributed by atoms with Crippen LogP contribution in [0.1, 0.15) is 0 Å². The maximum atomic E-state index is 10.0. The van der Waals surface area contributed by atoms with Crippen LogP contribution in [0.25, 0.3) is 43.6 Å². The van der Waals surface area contributed by atoms with E-state index in [2.05, 4.69) is 0 Å². The van der Waals surface area contributed by atoms with Gasteiger partial charge in [-0.25, -0.2) is 0 Å². The summed E-state index contributed by atoms with van der Waals surface area (Å²) in [6.07, 6.45) is 1.77. The molecule has 4 aromatic carbocycles. The van der Waals surface area contributed by atoms with Gasteiger partial charge >= 0.3 is 7.12 Å². The van der Waals surface area contributed by atoms with Crippen LogP contribution in [-0.2, 0) is 0 Å². The molecule has 3 nitrogen and oxygen atoms in total. The van der Waals surface area contributed by atoms with Crippen LogP contribution in [-0.4, -0.2) is 17.2 Å². The van der Waals surface area contributed by atoms with E-state index in [-0.39, 0.29) is 0 Å². The lowest BCUT2D eigenvalue weighted by Crippen LogP contribution is -2.31. The van der Waals surface area contributed by atoms with E-state index >= 15 is 0 Å². The second kappa shape index (κ2) is 5.73. The summed E-state index contributed by atoms with van der Waals surface area (Å²) in [7, 11) is -1.55. The number of furan rings is 1. The van der Waals surface area contributed by atoms with Crippen molar-refractivity contribution in [3.63, 3.8) is 0 Å². The predicted octanol–water partition coefficient (Wildman–Crippen LogP) is 4.09. The molecule has 0 saturated carbocycles. The summed E-state index contributed by atoms with van der Waals surface area (Å²) in [4.78, 5) is 0. The van der Waals surface area contributed by atoms with Crippen molar-refractivity contribution < 1.29 is 14.5 Å². The van der Waals surface area contributed by atoms with Gasteiger partial charge in [0.25, 0.3) is 0 Å². The van der Waals surface area contributed by atoms with Gasteiger partial charge in [0.15, 0.2) is 0 Å². The van der Waals surface area contributed by atoms with E-state index < -0.39 is 7.12 Å². The fourth-order valence-electron chi connectivity index (χ4n) is 3.87. The largest absolute Gasteiger partial charge is 0.489 e. The quantitative estimate of drug-likeness (QED) is 0.377. The molecule has 5 aromatic rings. The lowest BCUT2D eigenvalue weighted by Gasteiger charge is -2.15. The molecule has 0 aliphatic carbocycles. The highest BCUT2D eigenvalue weighted by Gasteiger charge is 2.23. The zero-order chi connectivity index (χ0) is 17.7. The van der Waals surface area contributed by atoms with Crippen LogP contribution in [0.15, 0.2) is 83.5 Å². The molecule has 0 atom stereocenters. The van der Waals surface area contributed by atoms with Crippen molar-refractivity contribution in [2.45, 2.75) is 0 Å². The van der Waals surface area contributed by atoms with Gasteiger partial charge in [-0.1, -0.05) is 72.8 Å². The molecule has 26 heavy (non-hydrogen) atoms. The van der Waals surface area contributed by atoms with Crippen molar-refractivity contribution in [3.8, 4) is 11.3 Å². The molecular weight excluding hydrogens is 323 g/mol. The van der Waals surface area contributed by atoms with Gasteiger partial charge < -0.3 is 14.5 Å². The third-order valence-electron chi connectivity index (χ3n) is 4.97. The first-order valence-corrected chi connectivity index (χ1v) is 8.52. The second-order valence-electron chi connectivity index (χ2n) is 6.41. The summed E-state index contributed by atoms with van der Waals surface area (Å²) in [5.41, 5.74) is 1.50. The fourth-order valence-corrected chi connectivity index (χ4v) is 3.87. The Morgan fingerprint density at radius 1 is 0.615 bits per heavy atom. The molecule has 0 aliphatic rings. The van der Waals surface area contributed by atoms with E-state index in [0.717, 1.165) is 43.6 Å². The van der Waals surface area contributed by atoms with Gasteiger partial charge in [-0.05, 0) is 27.0 Å². The average Bonchev–Trinajstić information content (AvgIpc) is 3.09. The monoisotopic (exact) mass is 338 g/mol.